The van der Waals surface area contributed by atoms with Crippen molar-refractivity contribution in [2.75, 3.05) is 6.61 Å². The summed E-state index contributed by atoms with van der Waals surface area (Å²) in [5.41, 5.74) is 3.79. The molecule has 1 unspecified atom stereocenters. The highest BCUT2D eigenvalue weighted by Gasteiger charge is 2.46. The number of nitrogens with zero attached hydrogens (tertiary/aromatic N) is 1. The van der Waals surface area contributed by atoms with E-state index in [-0.39, 0.29) is 6.04 Å². The van der Waals surface area contributed by atoms with Crippen LogP contribution in [0.15, 0.2) is 177 Å². The van der Waals surface area contributed by atoms with Crippen LogP contribution in [0.4, 0.5) is 0 Å². The number of hydrogen-bond donors (Lipinski definition) is 0. The summed E-state index contributed by atoms with van der Waals surface area (Å²) in [6.07, 6.45) is 1.14. The molecule has 0 spiro atoms. The molecule has 0 aliphatic carbocycles. The summed E-state index contributed by atoms with van der Waals surface area (Å²) < 4.78 is 27.6. The molecule has 1 aliphatic rings. The van der Waals surface area contributed by atoms with Gasteiger partial charge in [0.05, 0.1) is 0 Å². The lowest BCUT2D eigenvalue weighted by molar-refractivity contribution is 0.0715. The van der Waals surface area contributed by atoms with Crippen molar-refractivity contribution in [2.45, 2.75) is 24.5 Å². The van der Waals surface area contributed by atoms with Crippen molar-refractivity contribution in [3.63, 3.8) is 0 Å². The first-order chi connectivity index (χ1) is 24.7. The van der Waals surface area contributed by atoms with E-state index in [1.807, 2.05) is 42.5 Å². The summed E-state index contributed by atoms with van der Waals surface area (Å²) in [4.78, 5) is 5.25. The lowest BCUT2D eigenvalue weighted by Crippen LogP contribution is -2.51. The molecule has 1 atom stereocenters. The topological polar surface area (TPSA) is 57.1 Å². The van der Waals surface area contributed by atoms with Crippen molar-refractivity contribution in [1.82, 2.24) is 0 Å². The second kappa shape index (κ2) is 13.0. The second-order valence-corrected chi connectivity index (χ2v) is 13.8. The van der Waals surface area contributed by atoms with E-state index in [1.165, 1.54) is 0 Å². The standard InChI is InChI=1S/C44H34NO4P/c1-4-14-31(15-5-1)28-44(29-32-16-6-2-7-17-32,40-30-46-43(45-40)35-20-8-3-9-21-35)49-50-47-38-26-24-33-18-10-12-22-36(33)41(38)42-37-23-13-11-19-34(37)25-27-39(42)48-50/h1-27,40H,28-30H2. The number of ether oxygens (including phenoxy) is 1. The van der Waals surface area contributed by atoms with Crippen LogP contribution in [0.3, 0.4) is 0 Å². The van der Waals surface area contributed by atoms with Gasteiger partial charge >= 0.3 is 8.24 Å². The molecule has 8 aromatic rings. The Kier molecular flexibility index (Phi) is 7.93. The van der Waals surface area contributed by atoms with E-state index in [1.54, 1.807) is 0 Å². The van der Waals surface area contributed by atoms with Gasteiger partial charge in [-0.15, -0.1) is 0 Å². The van der Waals surface area contributed by atoms with Gasteiger partial charge in [-0.25, -0.2) is 4.99 Å². The number of hydrogen-bond acceptors (Lipinski definition) is 5. The first-order valence-electron chi connectivity index (χ1n) is 17.0. The van der Waals surface area contributed by atoms with E-state index in [0.29, 0.717) is 25.3 Å². The molecule has 1 aliphatic heterocycles. The van der Waals surface area contributed by atoms with Crippen LogP contribution in [0.2, 0.25) is 0 Å². The molecule has 244 valence electrons. The number of benzene rings is 7. The third kappa shape index (κ3) is 5.75. The van der Waals surface area contributed by atoms with Gasteiger partial charge in [-0.3, -0.25) is 4.52 Å². The minimum Gasteiger partial charge on any atom is -0.475 e. The van der Waals surface area contributed by atoms with Gasteiger partial charge < -0.3 is 13.1 Å². The zero-order valence-electron chi connectivity index (χ0n) is 27.3. The average molecular weight is 672 g/mol. The molecule has 9 rings (SSSR count). The summed E-state index contributed by atoms with van der Waals surface area (Å²) in [6, 6.07) is 55.9. The molecule has 5 nitrogen and oxygen atoms in total. The molecule has 2 heterocycles. The smallest absolute Gasteiger partial charge is 0.388 e. The summed E-state index contributed by atoms with van der Waals surface area (Å²) in [6.45, 7) is 0.371. The monoisotopic (exact) mass is 671 g/mol. The van der Waals surface area contributed by atoms with Crippen LogP contribution in [0.1, 0.15) is 16.7 Å². The normalized spacial score (nSPS) is 14.6. The Bertz CT molecular complexity index is 2390. The fourth-order valence-electron chi connectivity index (χ4n) is 7.22. The van der Waals surface area contributed by atoms with Crippen LogP contribution < -0.4 is 4.52 Å². The maximum absolute atomic E-state index is 7.41. The molecule has 0 bridgehead atoms. The first-order valence-corrected chi connectivity index (χ1v) is 18.0. The van der Waals surface area contributed by atoms with Crippen molar-refractivity contribution in [1.29, 1.82) is 0 Å². The van der Waals surface area contributed by atoms with E-state index < -0.39 is 13.8 Å². The maximum Gasteiger partial charge on any atom is 0.388 e. The minimum atomic E-state index is -1.97. The van der Waals surface area contributed by atoms with Gasteiger partial charge in [0.1, 0.15) is 29.4 Å². The molecule has 7 aromatic carbocycles. The zero-order chi connectivity index (χ0) is 33.3. The highest BCUT2D eigenvalue weighted by atomic mass is 31.1. The Hall–Kier alpha value is -5.61. The van der Waals surface area contributed by atoms with Crippen LogP contribution in [-0.4, -0.2) is 24.1 Å². The van der Waals surface area contributed by atoms with Crippen molar-refractivity contribution < 1.29 is 17.7 Å². The third-order valence-corrected chi connectivity index (χ3v) is 10.8. The number of aliphatic imine (C=N–C) groups is 1. The molecular weight excluding hydrogens is 637 g/mol. The summed E-state index contributed by atoms with van der Waals surface area (Å²) in [5.74, 6) is 0.619. The van der Waals surface area contributed by atoms with E-state index in [0.717, 1.165) is 60.2 Å². The minimum absolute atomic E-state index is 0.344. The quantitative estimate of drug-likeness (QED) is 0.161. The van der Waals surface area contributed by atoms with Crippen LogP contribution in [0.25, 0.3) is 43.5 Å². The summed E-state index contributed by atoms with van der Waals surface area (Å²) in [7, 11) is -1.97. The van der Waals surface area contributed by atoms with Crippen molar-refractivity contribution in [3.8, 4) is 0 Å². The average Bonchev–Trinajstić information content (AvgIpc) is 3.61. The van der Waals surface area contributed by atoms with Gasteiger partial charge in [0.15, 0.2) is 0 Å². The van der Waals surface area contributed by atoms with Gasteiger partial charge in [-0.2, -0.15) is 0 Å². The van der Waals surface area contributed by atoms with Gasteiger partial charge in [-0.05, 0) is 56.9 Å². The van der Waals surface area contributed by atoms with Gasteiger partial charge in [-0.1, -0.05) is 140 Å². The summed E-state index contributed by atoms with van der Waals surface area (Å²) in [5, 5.41) is 6.49. The molecule has 0 fully saturated rings. The van der Waals surface area contributed by atoms with E-state index in [9.17, 15) is 0 Å². The lowest BCUT2D eigenvalue weighted by atomic mass is 9.82. The number of rotatable bonds is 8. The molecular formula is C44H34NO4P. The highest BCUT2D eigenvalue weighted by Crippen LogP contribution is 2.44. The van der Waals surface area contributed by atoms with E-state index >= 15 is 0 Å². The molecule has 1 aromatic heterocycles. The van der Waals surface area contributed by atoms with Crippen molar-refractivity contribution in [2.24, 2.45) is 4.99 Å². The van der Waals surface area contributed by atoms with Gasteiger partial charge in [0.2, 0.25) is 5.90 Å². The Morgan fingerprint density at radius 3 is 1.58 bits per heavy atom. The van der Waals surface area contributed by atoms with Gasteiger partial charge in [0.25, 0.3) is 0 Å². The SMILES string of the molecule is c1ccc(CC(Cc2ccccc2)(Op2oc3ccc4ccccc4c3c3c(ccc4ccccc43)o2)C2COC(c3ccccc3)=N2)cc1. The Balaban J connectivity index is 1.30. The van der Waals surface area contributed by atoms with Crippen LogP contribution in [-0.2, 0) is 17.6 Å². The third-order valence-electron chi connectivity index (χ3n) is 9.61. The molecule has 0 radical (unpaired) electrons. The predicted octanol–water partition coefficient (Wildman–Crippen LogP) is 11.1. The molecule has 0 saturated heterocycles. The fourth-order valence-corrected chi connectivity index (χ4v) is 8.51. The Labute approximate surface area is 291 Å². The maximum atomic E-state index is 7.41. The largest absolute Gasteiger partial charge is 0.475 e. The molecule has 0 amide bonds. The second-order valence-electron chi connectivity index (χ2n) is 12.8. The molecule has 50 heavy (non-hydrogen) atoms. The fraction of sp³-hybridized carbons (Fsp3) is 0.114. The Morgan fingerprint density at radius 2 is 1.04 bits per heavy atom. The Morgan fingerprint density at radius 1 is 0.560 bits per heavy atom. The zero-order valence-corrected chi connectivity index (χ0v) is 28.2. The van der Waals surface area contributed by atoms with E-state index in [2.05, 4.69) is 121 Å². The van der Waals surface area contributed by atoms with Crippen molar-refractivity contribution >= 4 is 57.6 Å². The van der Waals surface area contributed by atoms with Crippen LogP contribution in [0.5, 0.6) is 0 Å². The van der Waals surface area contributed by atoms with E-state index in [4.69, 9.17) is 22.6 Å². The van der Waals surface area contributed by atoms with Crippen LogP contribution in [0, 0.1) is 0 Å². The molecule has 0 N–H and O–H groups in total. The summed E-state index contributed by atoms with van der Waals surface area (Å²) >= 11 is 0. The number of fused-ring (bicyclic) bond motifs is 7. The van der Waals surface area contributed by atoms with Gasteiger partial charge in [0, 0.05) is 29.2 Å². The molecule has 6 heteroatoms. The highest BCUT2D eigenvalue weighted by molar-refractivity contribution is 7.31. The van der Waals surface area contributed by atoms with Crippen molar-refractivity contribution in [3.05, 3.63) is 180 Å². The first kappa shape index (κ1) is 30.4. The lowest BCUT2D eigenvalue weighted by Gasteiger charge is -2.35. The van der Waals surface area contributed by atoms with Crippen LogP contribution >= 0.6 is 8.24 Å². The molecule has 0 saturated carbocycles. The predicted molar refractivity (Wildman–Crippen MR) is 204 cm³/mol.